The third-order valence-electron chi connectivity index (χ3n) is 4.41. The Labute approximate surface area is 166 Å². The molecule has 0 amide bonds. The van der Waals surface area contributed by atoms with Gasteiger partial charge in [-0.25, -0.2) is 4.98 Å². The molecule has 29 heavy (non-hydrogen) atoms. The van der Waals surface area contributed by atoms with Crippen LogP contribution in [-0.4, -0.2) is 23.2 Å². The second-order valence-corrected chi connectivity index (χ2v) is 6.85. The maximum atomic E-state index is 13.6. The van der Waals surface area contributed by atoms with Gasteiger partial charge in [-0.3, -0.25) is 0 Å². The summed E-state index contributed by atoms with van der Waals surface area (Å²) in [5, 5.41) is 0.168. The van der Waals surface area contributed by atoms with Crippen LogP contribution in [0.25, 0.3) is 11.1 Å². The Hall–Kier alpha value is -2.23. The number of benzene rings is 1. The van der Waals surface area contributed by atoms with Crippen molar-refractivity contribution in [3.8, 4) is 22.8 Å². The normalized spacial score (nSPS) is 15.6. The summed E-state index contributed by atoms with van der Waals surface area (Å²) in [6.45, 7) is 0. The van der Waals surface area contributed by atoms with Gasteiger partial charge in [0.1, 0.15) is 5.75 Å². The monoisotopic (exact) mass is 440 g/mol. The molecular formula is C18H15ClF6N2O2. The summed E-state index contributed by atoms with van der Waals surface area (Å²) >= 11 is 6.09. The molecule has 11 heteroatoms. The van der Waals surface area contributed by atoms with Gasteiger partial charge in [0.05, 0.1) is 23.8 Å². The number of rotatable bonds is 4. The Bertz CT molecular complexity index is 895. The van der Waals surface area contributed by atoms with Crippen LogP contribution in [0.1, 0.15) is 37.2 Å². The second kappa shape index (κ2) is 7.89. The molecule has 0 N–H and O–H groups in total. The van der Waals surface area contributed by atoms with Gasteiger partial charge in [-0.1, -0.05) is 17.7 Å². The third kappa shape index (κ3) is 4.68. The smallest absolute Gasteiger partial charge is 0.451 e. The van der Waals surface area contributed by atoms with Crippen LogP contribution in [0.4, 0.5) is 26.3 Å². The van der Waals surface area contributed by atoms with E-state index in [4.69, 9.17) is 21.1 Å². The number of ether oxygens (including phenoxy) is 2. The maximum Gasteiger partial charge on any atom is 0.451 e. The molecule has 1 aliphatic rings. The van der Waals surface area contributed by atoms with E-state index in [1.54, 1.807) is 0 Å². The molecular weight excluding hydrogens is 426 g/mol. The number of hydrogen-bond acceptors (Lipinski definition) is 4. The molecule has 158 valence electrons. The predicted molar refractivity (Wildman–Crippen MR) is 91.9 cm³/mol. The van der Waals surface area contributed by atoms with Gasteiger partial charge in [0.25, 0.3) is 0 Å². The highest BCUT2D eigenvalue weighted by Gasteiger charge is 2.43. The molecule has 0 atom stereocenters. The van der Waals surface area contributed by atoms with Gasteiger partial charge in [-0.2, -0.15) is 31.3 Å². The minimum absolute atomic E-state index is 0.125. The van der Waals surface area contributed by atoms with Crippen LogP contribution in [-0.2, 0) is 12.4 Å². The number of methoxy groups -OCH3 is 1. The van der Waals surface area contributed by atoms with Crippen LogP contribution in [0.2, 0.25) is 5.02 Å². The summed E-state index contributed by atoms with van der Waals surface area (Å²) in [7, 11) is 0.929. The molecule has 1 aliphatic carbocycles. The molecule has 1 saturated carbocycles. The van der Waals surface area contributed by atoms with E-state index in [2.05, 4.69) is 9.97 Å². The average molecular weight is 441 g/mol. The van der Waals surface area contributed by atoms with Crippen LogP contribution < -0.4 is 9.47 Å². The zero-order valence-electron chi connectivity index (χ0n) is 15.0. The van der Waals surface area contributed by atoms with E-state index < -0.39 is 35.3 Å². The van der Waals surface area contributed by atoms with E-state index in [0.717, 1.165) is 32.8 Å². The predicted octanol–water partition coefficient (Wildman–Crippen LogP) is 6.16. The van der Waals surface area contributed by atoms with Crippen LogP contribution in [0, 0.1) is 0 Å². The van der Waals surface area contributed by atoms with Crippen molar-refractivity contribution in [3.05, 3.63) is 34.7 Å². The zero-order valence-corrected chi connectivity index (χ0v) is 15.8. The van der Waals surface area contributed by atoms with E-state index in [1.807, 2.05) is 0 Å². The van der Waals surface area contributed by atoms with Crippen LogP contribution in [0.3, 0.4) is 0 Å². The molecule has 4 nitrogen and oxygen atoms in total. The fourth-order valence-corrected chi connectivity index (χ4v) is 3.28. The molecule has 0 saturated heterocycles. The van der Waals surface area contributed by atoms with Gasteiger partial charge in [0.15, 0.2) is 5.69 Å². The standard InChI is InChI=1S/C18H15ClF6N2O2/c1-28-15-13(14(17(20,21)22)26-16(27-15)18(23,24)25)9-6-7-11(19)12(8-9)29-10-4-2-3-5-10/h6-8,10H,2-5H2,1H3. The lowest BCUT2D eigenvalue weighted by Gasteiger charge is -2.19. The third-order valence-corrected chi connectivity index (χ3v) is 4.72. The topological polar surface area (TPSA) is 44.2 Å². The number of nitrogens with zero attached hydrogens (tertiary/aromatic N) is 2. The molecule has 1 heterocycles. The molecule has 0 unspecified atom stereocenters. The Kier molecular flexibility index (Phi) is 5.84. The number of aromatic nitrogens is 2. The molecule has 0 aliphatic heterocycles. The van der Waals surface area contributed by atoms with E-state index in [9.17, 15) is 26.3 Å². The van der Waals surface area contributed by atoms with E-state index >= 15 is 0 Å². The van der Waals surface area contributed by atoms with Crippen LogP contribution in [0.5, 0.6) is 11.6 Å². The van der Waals surface area contributed by atoms with Gasteiger partial charge in [-0.05, 0) is 43.4 Å². The Morgan fingerprint density at radius 2 is 1.66 bits per heavy atom. The first-order chi connectivity index (χ1) is 13.5. The molecule has 0 bridgehead atoms. The summed E-state index contributed by atoms with van der Waals surface area (Å²) in [4.78, 5) is 5.88. The van der Waals surface area contributed by atoms with Crippen LogP contribution in [0.15, 0.2) is 18.2 Å². The highest BCUT2D eigenvalue weighted by atomic mass is 35.5. The van der Waals surface area contributed by atoms with Gasteiger partial charge in [0, 0.05) is 0 Å². The Morgan fingerprint density at radius 1 is 1.00 bits per heavy atom. The summed E-state index contributed by atoms with van der Waals surface area (Å²) in [5.74, 6) is -2.67. The number of hydrogen-bond donors (Lipinski definition) is 0. The van der Waals surface area contributed by atoms with Crippen molar-refractivity contribution >= 4 is 11.6 Å². The van der Waals surface area contributed by atoms with Crippen LogP contribution >= 0.6 is 11.6 Å². The largest absolute Gasteiger partial charge is 0.489 e. The molecule has 1 aromatic heterocycles. The molecule has 0 spiro atoms. The Morgan fingerprint density at radius 3 is 2.21 bits per heavy atom. The summed E-state index contributed by atoms with van der Waals surface area (Å²) < 4.78 is 90.1. The number of halogens is 7. The fourth-order valence-electron chi connectivity index (χ4n) is 3.11. The lowest BCUT2D eigenvalue weighted by Crippen LogP contribution is -2.19. The van der Waals surface area contributed by atoms with Crippen molar-refractivity contribution in [2.75, 3.05) is 7.11 Å². The molecule has 2 aromatic rings. The SMILES string of the molecule is COc1nc(C(F)(F)F)nc(C(F)(F)F)c1-c1ccc(Cl)c(OC2CCCC2)c1. The van der Waals surface area contributed by atoms with Crippen molar-refractivity contribution < 1.29 is 35.8 Å². The fraction of sp³-hybridized carbons (Fsp3) is 0.444. The van der Waals surface area contributed by atoms with Gasteiger partial charge >= 0.3 is 12.4 Å². The molecule has 0 radical (unpaired) electrons. The second-order valence-electron chi connectivity index (χ2n) is 6.45. The van der Waals surface area contributed by atoms with Gasteiger partial charge in [0.2, 0.25) is 11.7 Å². The lowest BCUT2D eigenvalue weighted by atomic mass is 10.0. The highest BCUT2D eigenvalue weighted by Crippen LogP contribution is 2.44. The minimum atomic E-state index is -5.18. The number of alkyl halides is 6. The highest BCUT2D eigenvalue weighted by molar-refractivity contribution is 6.32. The van der Waals surface area contributed by atoms with Gasteiger partial charge < -0.3 is 9.47 Å². The first-order valence-corrected chi connectivity index (χ1v) is 8.95. The van der Waals surface area contributed by atoms with E-state index in [1.165, 1.54) is 18.2 Å². The van der Waals surface area contributed by atoms with Crippen molar-refractivity contribution in [2.45, 2.75) is 44.1 Å². The first-order valence-electron chi connectivity index (χ1n) is 8.57. The maximum absolute atomic E-state index is 13.6. The first kappa shape index (κ1) is 21.5. The van der Waals surface area contributed by atoms with Crippen molar-refractivity contribution in [2.24, 2.45) is 0 Å². The van der Waals surface area contributed by atoms with Crippen molar-refractivity contribution in [1.82, 2.24) is 9.97 Å². The minimum Gasteiger partial charge on any atom is -0.489 e. The van der Waals surface area contributed by atoms with E-state index in [-0.39, 0.29) is 22.4 Å². The zero-order chi connectivity index (χ0) is 21.4. The van der Waals surface area contributed by atoms with E-state index in [0.29, 0.717) is 0 Å². The Balaban J connectivity index is 2.16. The quantitative estimate of drug-likeness (QED) is 0.534. The molecule has 1 fully saturated rings. The summed E-state index contributed by atoms with van der Waals surface area (Å²) in [6.07, 6.45) is -7.01. The molecule has 3 rings (SSSR count). The average Bonchev–Trinajstić information content (AvgIpc) is 3.14. The summed E-state index contributed by atoms with van der Waals surface area (Å²) in [6, 6.07) is 3.75. The lowest BCUT2D eigenvalue weighted by molar-refractivity contribution is -0.152. The summed E-state index contributed by atoms with van der Waals surface area (Å²) in [5.41, 5.74) is -2.60. The van der Waals surface area contributed by atoms with Crippen molar-refractivity contribution in [1.29, 1.82) is 0 Å². The molecule has 1 aromatic carbocycles. The van der Waals surface area contributed by atoms with Crippen molar-refractivity contribution in [3.63, 3.8) is 0 Å². The van der Waals surface area contributed by atoms with Gasteiger partial charge in [-0.15, -0.1) is 0 Å².